The van der Waals surface area contributed by atoms with Crippen molar-refractivity contribution in [2.45, 2.75) is 25.3 Å². The smallest absolute Gasteiger partial charge is 0.343 e. The molecule has 2 aliphatic rings. The van der Waals surface area contributed by atoms with Crippen molar-refractivity contribution in [3.8, 4) is 11.5 Å². The predicted octanol–water partition coefficient (Wildman–Crippen LogP) is 5.20. The molecule has 0 saturated carbocycles. The van der Waals surface area contributed by atoms with Crippen LogP contribution in [0.5, 0.6) is 11.5 Å². The van der Waals surface area contributed by atoms with E-state index in [9.17, 15) is 4.79 Å². The molecular weight excluding hydrogens is 402 g/mol. The number of likely N-dealkylation sites (N-methyl/N-ethyl adjacent to an activating group) is 1. The maximum atomic E-state index is 12.1. The van der Waals surface area contributed by atoms with Gasteiger partial charge >= 0.3 is 5.97 Å². The molecule has 0 amide bonds. The molecule has 4 rings (SSSR count). The fraction of sp³-hybridized carbons (Fsp3) is 0.375. The summed E-state index contributed by atoms with van der Waals surface area (Å²) < 4.78 is 15.5. The monoisotopic (exact) mass is 429 g/mol. The average molecular weight is 430 g/mol. The van der Waals surface area contributed by atoms with Crippen molar-refractivity contribution in [1.29, 1.82) is 0 Å². The highest BCUT2D eigenvalue weighted by Crippen LogP contribution is 2.34. The predicted molar refractivity (Wildman–Crippen MR) is 118 cm³/mol. The molecule has 2 aromatic rings. The standard InChI is InChI=1S/C16H18ClNO2.C8H10O2/c1-18-9-8-11-4-7-14(10-15(11)18)20-16(19)12-2-5-13(17)6-3-12;1-9-7-5-3-4-6-8(7)10-2/h2-3,5-6,10-11,15H,4,7-9H2,1H3;3-6H,1-2H3. The molecule has 160 valence electrons. The molecule has 30 heavy (non-hydrogen) atoms. The molecular formula is C24H28ClNO4. The summed E-state index contributed by atoms with van der Waals surface area (Å²) in [6.45, 7) is 1.13. The van der Waals surface area contributed by atoms with Crippen LogP contribution in [0.1, 0.15) is 29.6 Å². The molecule has 1 aliphatic carbocycles. The first kappa shape index (κ1) is 22.2. The van der Waals surface area contributed by atoms with Crippen molar-refractivity contribution in [3.05, 3.63) is 71.0 Å². The highest BCUT2D eigenvalue weighted by Gasteiger charge is 2.34. The Hall–Kier alpha value is -2.50. The Bertz CT molecular complexity index is 858. The Labute approximate surface area is 183 Å². The van der Waals surface area contributed by atoms with E-state index in [-0.39, 0.29) is 5.97 Å². The molecule has 0 radical (unpaired) electrons. The number of nitrogens with zero attached hydrogens (tertiary/aromatic N) is 1. The highest BCUT2D eigenvalue weighted by atomic mass is 35.5. The molecule has 1 fully saturated rings. The van der Waals surface area contributed by atoms with Crippen LogP contribution in [0.25, 0.3) is 0 Å². The number of carbonyl (C=O) groups is 1. The van der Waals surface area contributed by atoms with Crippen LogP contribution in [0, 0.1) is 5.92 Å². The number of methoxy groups -OCH3 is 2. The first-order valence-corrected chi connectivity index (χ1v) is 10.4. The number of carbonyl (C=O) groups excluding carboxylic acids is 1. The number of hydrogen-bond acceptors (Lipinski definition) is 5. The Morgan fingerprint density at radius 2 is 1.63 bits per heavy atom. The topological polar surface area (TPSA) is 48.0 Å². The van der Waals surface area contributed by atoms with Crippen molar-refractivity contribution in [2.24, 2.45) is 5.92 Å². The van der Waals surface area contributed by atoms with Gasteiger partial charge in [-0.15, -0.1) is 0 Å². The van der Waals surface area contributed by atoms with Crippen LogP contribution >= 0.6 is 11.6 Å². The van der Waals surface area contributed by atoms with Crippen LogP contribution in [-0.4, -0.2) is 44.7 Å². The SMILES string of the molecule is CN1CCC2CCC(OC(=O)c3ccc(Cl)cc3)=CC21.COc1ccccc1OC. The van der Waals surface area contributed by atoms with Crippen LogP contribution in [0.15, 0.2) is 60.4 Å². The maximum Gasteiger partial charge on any atom is 0.343 e. The molecule has 2 aromatic carbocycles. The Kier molecular flexibility index (Phi) is 7.77. The van der Waals surface area contributed by atoms with Gasteiger partial charge in [0.1, 0.15) is 5.76 Å². The molecule has 0 aromatic heterocycles. The molecule has 5 nitrogen and oxygen atoms in total. The van der Waals surface area contributed by atoms with Gasteiger partial charge in [-0.25, -0.2) is 4.79 Å². The molecule has 1 heterocycles. The molecule has 2 atom stereocenters. The summed E-state index contributed by atoms with van der Waals surface area (Å²) in [7, 11) is 5.38. The number of benzene rings is 2. The van der Waals surface area contributed by atoms with Gasteiger partial charge in [-0.1, -0.05) is 23.7 Å². The summed E-state index contributed by atoms with van der Waals surface area (Å²) in [6, 6.07) is 14.7. The van der Waals surface area contributed by atoms with Gasteiger partial charge in [0.25, 0.3) is 0 Å². The number of para-hydroxylation sites is 2. The molecule has 1 saturated heterocycles. The van der Waals surface area contributed by atoms with Gasteiger partial charge in [0.05, 0.1) is 19.8 Å². The highest BCUT2D eigenvalue weighted by molar-refractivity contribution is 6.30. The second kappa shape index (κ2) is 10.5. The minimum atomic E-state index is -0.299. The van der Waals surface area contributed by atoms with E-state index in [0.717, 1.165) is 42.6 Å². The lowest BCUT2D eigenvalue weighted by Gasteiger charge is -2.27. The van der Waals surface area contributed by atoms with Gasteiger partial charge in [0.15, 0.2) is 11.5 Å². The molecule has 2 unspecified atom stereocenters. The molecule has 6 heteroatoms. The molecule has 0 spiro atoms. The van der Waals surface area contributed by atoms with Crippen LogP contribution < -0.4 is 9.47 Å². The second-order valence-corrected chi connectivity index (χ2v) is 7.88. The largest absolute Gasteiger partial charge is 0.493 e. The minimum absolute atomic E-state index is 0.299. The number of halogens is 1. The summed E-state index contributed by atoms with van der Waals surface area (Å²) in [5.74, 6) is 2.76. The Morgan fingerprint density at radius 1 is 1.00 bits per heavy atom. The zero-order valence-electron chi connectivity index (χ0n) is 17.6. The summed E-state index contributed by atoms with van der Waals surface area (Å²) in [4.78, 5) is 14.4. The normalized spacial score (nSPS) is 20.3. The summed E-state index contributed by atoms with van der Waals surface area (Å²) in [5.41, 5.74) is 0.539. The lowest BCUT2D eigenvalue weighted by Crippen LogP contribution is -2.30. The number of ether oxygens (including phenoxy) is 3. The van der Waals surface area contributed by atoms with Crippen molar-refractivity contribution in [1.82, 2.24) is 4.90 Å². The number of hydrogen-bond donors (Lipinski definition) is 0. The van der Waals surface area contributed by atoms with Crippen molar-refractivity contribution >= 4 is 17.6 Å². The van der Waals surface area contributed by atoms with E-state index in [1.165, 1.54) is 6.42 Å². The van der Waals surface area contributed by atoms with Crippen molar-refractivity contribution < 1.29 is 19.0 Å². The van der Waals surface area contributed by atoms with E-state index in [2.05, 4.69) is 18.0 Å². The van der Waals surface area contributed by atoms with Crippen LogP contribution in [0.3, 0.4) is 0 Å². The minimum Gasteiger partial charge on any atom is -0.493 e. The van der Waals surface area contributed by atoms with Crippen molar-refractivity contribution in [3.63, 3.8) is 0 Å². The average Bonchev–Trinajstić information content (AvgIpc) is 3.14. The van der Waals surface area contributed by atoms with Gasteiger partial charge in [0.2, 0.25) is 0 Å². The van der Waals surface area contributed by atoms with E-state index < -0.39 is 0 Å². The zero-order valence-corrected chi connectivity index (χ0v) is 18.4. The fourth-order valence-electron chi connectivity index (χ4n) is 3.87. The fourth-order valence-corrected chi connectivity index (χ4v) is 3.99. The first-order chi connectivity index (χ1) is 14.5. The summed E-state index contributed by atoms with van der Waals surface area (Å²) in [5, 5.41) is 0.619. The third-order valence-corrected chi connectivity index (χ3v) is 5.81. The molecule has 0 N–H and O–H groups in total. The van der Waals surface area contributed by atoms with E-state index in [1.807, 2.05) is 24.3 Å². The van der Waals surface area contributed by atoms with Crippen molar-refractivity contribution in [2.75, 3.05) is 27.8 Å². The van der Waals surface area contributed by atoms with Crippen LogP contribution in [-0.2, 0) is 4.74 Å². The molecule has 0 bridgehead atoms. The van der Waals surface area contributed by atoms with E-state index in [1.54, 1.807) is 38.5 Å². The first-order valence-electron chi connectivity index (χ1n) is 10.1. The van der Waals surface area contributed by atoms with E-state index >= 15 is 0 Å². The van der Waals surface area contributed by atoms with Crippen LogP contribution in [0.4, 0.5) is 0 Å². The number of fused-ring (bicyclic) bond motifs is 1. The summed E-state index contributed by atoms with van der Waals surface area (Å²) in [6.07, 6.45) is 5.33. The Balaban J connectivity index is 0.000000216. The number of esters is 1. The second-order valence-electron chi connectivity index (χ2n) is 7.44. The maximum absolute atomic E-state index is 12.1. The van der Waals surface area contributed by atoms with Gasteiger partial charge in [-0.05, 0) is 74.8 Å². The third kappa shape index (κ3) is 5.55. The number of likely N-dealkylation sites (tertiary alicyclic amines) is 1. The lowest BCUT2D eigenvalue weighted by molar-refractivity contribution is 0.0598. The van der Waals surface area contributed by atoms with Gasteiger partial charge in [-0.2, -0.15) is 0 Å². The number of rotatable bonds is 4. The quantitative estimate of drug-likeness (QED) is 0.625. The zero-order chi connectivity index (χ0) is 21.5. The van der Waals surface area contributed by atoms with E-state index in [0.29, 0.717) is 16.6 Å². The molecule has 1 aliphatic heterocycles. The van der Waals surface area contributed by atoms with Gasteiger partial charge < -0.3 is 14.2 Å². The number of allylic oxidation sites excluding steroid dienone is 1. The third-order valence-electron chi connectivity index (χ3n) is 5.56. The van der Waals surface area contributed by atoms with E-state index in [4.69, 9.17) is 25.8 Å². The van der Waals surface area contributed by atoms with Gasteiger partial charge in [0, 0.05) is 17.5 Å². The van der Waals surface area contributed by atoms with Gasteiger partial charge in [-0.3, -0.25) is 4.90 Å². The Morgan fingerprint density at radius 3 is 2.23 bits per heavy atom. The summed E-state index contributed by atoms with van der Waals surface area (Å²) >= 11 is 5.82. The lowest BCUT2D eigenvalue weighted by atomic mass is 9.89. The van der Waals surface area contributed by atoms with Crippen LogP contribution in [0.2, 0.25) is 5.02 Å².